The first kappa shape index (κ1) is 18.8. The van der Waals surface area contributed by atoms with Crippen molar-refractivity contribution >= 4 is 22.8 Å². The van der Waals surface area contributed by atoms with Gasteiger partial charge in [0.15, 0.2) is 5.96 Å². The third-order valence-corrected chi connectivity index (χ3v) is 4.15. The first-order chi connectivity index (χ1) is 12.1. The number of nitrogens with two attached hydrogens (primary N) is 1. The van der Waals surface area contributed by atoms with Crippen LogP contribution in [0.2, 0.25) is 0 Å². The van der Waals surface area contributed by atoms with Crippen molar-refractivity contribution in [3.8, 4) is 5.75 Å². The third-order valence-electron chi connectivity index (χ3n) is 4.15. The topological polar surface area (TPSA) is 95.7 Å². The zero-order valence-corrected chi connectivity index (χ0v) is 15.1. The molecule has 2 rings (SSSR count). The smallest absolute Gasteiger partial charge is 0.296 e. The molecule has 0 radical (unpaired) electrons. The molecule has 7 heteroatoms. The molecule has 1 heterocycles. The van der Waals surface area contributed by atoms with Gasteiger partial charge in [0.05, 0.1) is 7.11 Å². The molecular formula is C18H27N5O2. The van der Waals surface area contributed by atoms with E-state index in [2.05, 4.69) is 34.0 Å². The minimum atomic E-state index is -0.410. The summed E-state index contributed by atoms with van der Waals surface area (Å²) in [5.41, 5.74) is 7.01. The van der Waals surface area contributed by atoms with Crippen molar-refractivity contribution < 1.29 is 9.53 Å². The lowest BCUT2D eigenvalue weighted by atomic mass is 10.2. The maximum absolute atomic E-state index is 12.3. The maximum atomic E-state index is 12.3. The van der Waals surface area contributed by atoms with E-state index in [1.54, 1.807) is 13.2 Å². The van der Waals surface area contributed by atoms with Gasteiger partial charge in [-0.2, -0.15) is 4.99 Å². The number of amides is 1. The predicted octanol–water partition coefficient (Wildman–Crippen LogP) is 1.95. The van der Waals surface area contributed by atoms with Crippen molar-refractivity contribution in [3.05, 3.63) is 30.0 Å². The van der Waals surface area contributed by atoms with Crippen molar-refractivity contribution in [3.63, 3.8) is 0 Å². The van der Waals surface area contributed by atoms with Gasteiger partial charge in [-0.15, -0.1) is 0 Å². The minimum Gasteiger partial charge on any atom is -0.496 e. The molecule has 0 aliphatic heterocycles. The van der Waals surface area contributed by atoms with Gasteiger partial charge in [0, 0.05) is 17.4 Å². The number of hydrogen-bond donors (Lipinski definition) is 3. The van der Waals surface area contributed by atoms with Crippen LogP contribution in [-0.4, -0.2) is 55.0 Å². The molecular weight excluding hydrogens is 318 g/mol. The Morgan fingerprint density at radius 2 is 2.12 bits per heavy atom. The fraction of sp³-hybridized carbons (Fsp3) is 0.444. The zero-order chi connectivity index (χ0) is 18.2. The van der Waals surface area contributed by atoms with E-state index in [-0.39, 0.29) is 5.96 Å². The maximum Gasteiger partial charge on any atom is 0.296 e. The molecule has 4 N–H and O–H groups in total. The molecule has 0 saturated heterocycles. The Labute approximate surface area is 148 Å². The average molecular weight is 345 g/mol. The van der Waals surface area contributed by atoms with Crippen molar-refractivity contribution in [2.24, 2.45) is 10.7 Å². The van der Waals surface area contributed by atoms with E-state index in [0.717, 1.165) is 37.0 Å². The number of nitrogens with zero attached hydrogens (tertiary/aromatic N) is 2. The average Bonchev–Trinajstić information content (AvgIpc) is 3.06. The van der Waals surface area contributed by atoms with Crippen LogP contribution in [0.25, 0.3) is 10.9 Å². The number of H-pyrrole nitrogens is 1. The van der Waals surface area contributed by atoms with Gasteiger partial charge in [-0.1, -0.05) is 19.9 Å². The van der Waals surface area contributed by atoms with Gasteiger partial charge in [-0.05, 0) is 44.3 Å². The molecule has 0 spiro atoms. The highest BCUT2D eigenvalue weighted by molar-refractivity contribution is 6.04. The van der Waals surface area contributed by atoms with Gasteiger partial charge < -0.3 is 25.7 Å². The fourth-order valence-electron chi connectivity index (χ4n) is 2.69. The summed E-state index contributed by atoms with van der Waals surface area (Å²) in [6, 6.07) is 7.32. The number of aliphatic imine (C=N–C) groups is 1. The van der Waals surface area contributed by atoms with Gasteiger partial charge >= 0.3 is 0 Å². The summed E-state index contributed by atoms with van der Waals surface area (Å²) in [6.07, 6.45) is 0.940. The molecule has 0 saturated carbocycles. The first-order valence-corrected chi connectivity index (χ1v) is 8.59. The number of carbonyl (C=O) groups excluding carboxylic acids is 1. The van der Waals surface area contributed by atoms with Gasteiger partial charge in [0.1, 0.15) is 11.4 Å². The van der Waals surface area contributed by atoms with E-state index in [0.29, 0.717) is 18.0 Å². The van der Waals surface area contributed by atoms with Gasteiger partial charge in [-0.25, -0.2) is 0 Å². The highest BCUT2D eigenvalue weighted by Gasteiger charge is 2.12. The number of hydrogen-bond acceptors (Lipinski definition) is 3. The largest absolute Gasteiger partial charge is 0.496 e. The van der Waals surface area contributed by atoms with Gasteiger partial charge in [0.2, 0.25) is 0 Å². The van der Waals surface area contributed by atoms with Crippen molar-refractivity contribution in [2.75, 3.05) is 33.3 Å². The molecule has 0 fully saturated rings. The van der Waals surface area contributed by atoms with Crippen LogP contribution in [0.1, 0.15) is 30.8 Å². The summed E-state index contributed by atoms with van der Waals surface area (Å²) in [5, 5.41) is 3.83. The number of methoxy groups -OCH3 is 1. The number of carbonyl (C=O) groups is 1. The number of benzene rings is 1. The predicted molar refractivity (Wildman–Crippen MR) is 101 cm³/mol. The number of fused-ring (bicyclic) bond motifs is 1. The Hall–Kier alpha value is -2.54. The van der Waals surface area contributed by atoms with E-state index in [4.69, 9.17) is 10.5 Å². The molecule has 0 bridgehead atoms. The molecule has 0 atom stereocenters. The molecule has 1 aromatic heterocycles. The van der Waals surface area contributed by atoms with Crippen LogP contribution in [0.4, 0.5) is 0 Å². The van der Waals surface area contributed by atoms with Crippen LogP contribution in [0.5, 0.6) is 5.75 Å². The van der Waals surface area contributed by atoms with Crippen LogP contribution in [-0.2, 0) is 0 Å². The Kier molecular flexibility index (Phi) is 6.82. The highest BCUT2D eigenvalue weighted by atomic mass is 16.5. The summed E-state index contributed by atoms with van der Waals surface area (Å²) < 4.78 is 5.30. The molecule has 25 heavy (non-hydrogen) atoms. The Morgan fingerprint density at radius 3 is 2.80 bits per heavy atom. The van der Waals surface area contributed by atoms with Crippen molar-refractivity contribution in [2.45, 2.75) is 20.3 Å². The number of aromatic amines is 1. The van der Waals surface area contributed by atoms with Crippen LogP contribution >= 0.6 is 0 Å². The molecule has 0 aliphatic rings. The quantitative estimate of drug-likeness (QED) is 0.386. The van der Waals surface area contributed by atoms with Crippen molar-refractivity contribution in [1.29, 1.82) is 0 Å². The highest BCUT2D eigenvalue weighted by Crippen LogP contribution is 2.26. The van der Waals surface area contributed by atoms with Gasteiger partial charge in [-0.3, -0.25) is 4.79 Å². The lowest BCUT2D eigenvalue weighted by Gasteiger charge is -2.17. The second-order valence-electron chi connectivity index (χ2n) is 5.71. The number of ether oxygens (including phenoxy) is 1. The number of aromatic nitrogens is 1. The fourth-order valence-corrected chi connectivity index (χ4v) is 2.69. The number of guanidine groups is 1. The second-order valence-corrected chi connectivity index (χ2v) is 5.71. The monoisotopic (exact) mass is 345 g/mol. The van der Waals surface area contributed by atoms with Crippen LogP contribution in [0, 0.1) is 0 Å². The van der Waals surface area contributed by atoms with E-state index in [1.807, 2.05) is 18.2 Å². The summed E-state index contributed by atoms with van der Waals surface area (Å²) >= 11 is 0. The molecule has 7 nitrogen and oxygen atoms in total. The normalized spacial score (nSPS) is 11.9. The van der Waals surface area contributed by atoms with Crippen molar-refractivity contribution in [1.82, 2.24) is 15.2 Å². The molecule has 1 amide bonds. The van der Waals surface area contributed by atoms with Crippen LogP contribution in [0.3, 0.4) is 0 Å². The summed E-state index contributed by atoms with van der Waals surface area (Å²) in [5.74, 6) is 0.432. The third kappa shape index (κ3) is 4.96. The lowest BCUT2D eigenvalue weighted by molar-refractivity contribution is 0.0998. The first-order valence-electron chi connectivity index (χ1n) is 8.59. The summed E-state index contributed by atoms with van der Waals surface area (Å²) in [6.45, 7) is 8.01. The molecule has 0 aliphatic carbocycles. The van der Waals surface area contributed by atoms with E-state index >= 15 is 0 Å². The van der Waals surface area contributed by atoms with E-state index in [9.17, 15) is 4.79 Å². The van der Waals surface area contributed by atoms with Crippen LogP contribution in [0.15, 0.2) is 29.3 Å². The SMILES string of the molecule is CCN(CC)CCCNC(N)=NC(=O)c1cc2c(OC)cccc2[nH]1. The lowest BCUT2D eigenvalue weighted by Crippen LogP contribution is -2.35. The Bertz CT molecular complexity index is 734. The Morgan fingerprint density at radius 1 is 1.36 bits per heavy atom. The molecule has 1 aromatic carbocycles. The summed E-state index contributed by atoms with van der Waals surface area (Å²) in [7, 11) is 1.60. The van der Waals surface area contributed by atoms with E-state index < -0.39 is 5.91 Å². The Balaban J connectivity index is 1.95. The van der Waals surface area contributed by atoms with E-state index in [1.165, 1.54) is 0 Å². The standard InChI is InChI=1S/C18H27N5O2/c1-4-23(5-2)11-7-10-20-18(19)22-17(24)15-12-13-14(21-15)8-6-9-16(13)25-3/h6,8-9,12,21H,4-5,7,10-11H2,1-3H3,(H3,19,20,22,24). The molecule has 0 unspecified atom stereocenters. The second kappa shape index (κ2) is 9.08. The van der Waals surface area contributed by atoms with Gasteiger partial charge in [0.25, 0.3) is 5.91 Å². The molecule has 136 valence electrons. The number of nitrogens with one attached hydrogen (secondary N) is 2. The number of rotatable bonds is 8. The zero-order valence-electron chi connectivity index (χ0n) is 15.1. The minimum absolute atomic E-state index is 0.134. The molecule has 2 aromatic rings. The summed E-state index contributed by atoms with van der Waals surface area (Å²) in [4.78, 5) is 21.6. The van der Waals surface area contributed by atoms with Crippen LogP contribution < -0.4 is 15.8 Å².